The van der Waals surface area contributed by atoms with Crippen molar-refractivity contribution >= 4 is 23.6 Å². The van der Waals surface area contributed by atoms with Gasteiger partial charge in [0, 0.05) is 5.92 Å². The smallest absolute Gasteiger partial charge is 0.233 e. The molecule has 0 aromatic rings. The van der Waals surface area contributed by atoms with Crippen molar-refractivity contribution in [2.75, 3.05) is 26.4 Å². The van der Waals surface area contributed by atoms with Crippen LogP contribution in [0, 0.1) is 41.4 Å². The summed E-state index contributed by atoms with van der Waals surface area (Å²) in [6, 6.07) is 0. The molecule has 0 radical (unpaired) electrons. The van der Waals surface area contributed by atoms with Gasteiger partial charge < -0.3 is 14.2 Å². The van der Waals surface area contributed by atoms with Crippen LogP contribution in [0.5, 0.6) is 0 Å². The largest absolute Gasteiger partial charge is 0.493 e. The maximum absolute atomic E-state index is 12.8. The third-order valence-corrected chi connectivity index (χ3v) is 7.24. The SMILES string of the molecule is O=C1NC(=O)[C@H]2[C@@H]1[C@H]1[C@@H]2[C@H]2C=C3OCCOCCO[C@]31[C@@H]1C(=O)NC(=O)[C@H]21. The first-order chi connectivity index (χ1) is 13.1. The first-order valence-electron chi connectivity index (χ1n) is 9.32. The van der Waals surface area contributed by atoms with Gasteiger partial charge in [-0.3, -0.25) is 29.8 Å². The average molecular weight is 374 g/mol. The molecule has 27 heavy (non-hydrogen) atoms. The molecule has 1 spiro atoms. The summed E-state index contributed by atoms with van der Waals surface area (Å²) in [6.07, 6.45) is 1.86. The van der Waals surface area contributed by atoms with E-state index in [0.29, 0.717) is 25.6 Å². The third-order valence-electron chi connectivity index (χ3n) is 7.24. The summed E-state index contributed by atoms with van der Waals surface area (Å²) >= 11 is 0. The topological polar surface area (TPSA) is 120 Å². The Bertz CT molecular complexity index is 838. The Morgan fingerprint density at radius 3 is 2.41 bits per heavy atom. The van der Waals surface area contributed by atoms with E-state index >= 15 is 0 Å². The van der Waals surface area contributed by atoms with Crippen molar-refractivity contribution in [1.29, 1.82) is 0 Å². The Morgan fingerprint density at radius 2 is 1.56 bits per heavy atom. The van der Waals surface area contributed by atoms with Gasteiger partial charge in [0.05, 0.1) is 43.5 Å². The molecule has 2 N–H and O–H groups in total. The molecule has 3 heterocycles. The van der Waals surface area contributed by atoms with E-state index in [1.807, 2.05) is 6.08 Å². The summed E-state index contributed by atoms with van der Waals surface area (Å²) in [7, 11) is 0. The molecule has 5 fully saturated rings. The van der Waals surface area contributed by atoms with E-state index < -0.39 is 35.2 Å². The second-order valence-electron chi connectivity index (χ2n) is 8.08. The van der Waals surface area contributed by atoms with E-state index in [0.717, 1.165) is 0 Å². The number of imide groups is 2. The first kappa shape index (κ1) is 15.8. The molecule has 9 nitrogen and oxygen atoms in total. The van der Waals surface area contributed by atoms with Gasteiger partial charge in [-0.25, -0.2) is 0 Å². The van der Waals surface area contributed by atoms with Gasteiger partial charge in [0.2, 0.25) is 23.6 Å². The van der Waals surface area contributed by atoms with Gasteiger partial charge in [-0.2, -0.15) is 0 Å². The number of fused-ring (bicyclic) bond motifs is 1. The zero-order chi connectivity index (χ0) is 18.5. The molecule has 7 rings (SSSR count). The number of hydrogen-bond acceptors (Lipinski definition) is 7. The fourth-order valence-corrected chi connectivity index (χ4v) is 6.50. The van der Waals surface area contributed by atoms with Crippen molar-refractivity contribution in [1.82, 2.24) is 10.6 Å². The normalized spacial score (nSPS) is 49.8. The van der Waals surface area contributed by atoms with Crippen molar-refractivity contribution in [3.05, 3.63) is 11.8 Å². The summed E-state index contributed by atoms with van der Waals surface area (Å²) in [5.41, 5.74) is -1.21. The highest BCUT2D eigenvalue weighted by Gasteiger charge is 2.81. The van der Waals surface area contributed by atoms with Gasteiger partial charge in [-0.1, -0.05) is 0 Å². The lowest BCUT2D eigenvalue weighted by molar-refractivity contribution is -0.249. The van der Waals surface area contributed by atoms with Crippen LogP contribution in [0.2, 0.25) is 0 Å². The van der Waals surface area contributed by atoms with Gasteiger partial charge in [-0.05, 0) is 17.9 Å². The van der Waals surface area contributed by atoms with Crippen molar-refractivity contribution in [2.24, 2.45) is 41.4 Å². The molecule has 4 amide bonds. The number of nitrogens with one attached hydrogen (secondary N) is 2. The van der Waals surface area contributed by atoms with Crippen molar-refractivity contribution < 1.29 is 33.4 Å². The zero-order valence-electron chi connectivity index (χ0n) is 14.3. The van der Waals surface area contributed by atoms with Crippen LogP contribution in [0.15, 0.2) is 11.8 Å². The predicted octanol–water partition coefficient (Wildman–Crippen LogP) is -1.66. The van der Waals surface area contributed by atoms with Gasteiger partial charge in [0.25, 0.3) is 0 Å². The van der Waals surface area contributed by atoms with E-state index in [4.69, 9.17) is 14.2 Å². The monoisotopic (exact) mass is 374 g/mol. The minimum absolute atomic E-state index is 0.214. The van der Waals surface area contributed by atoms with E-state index in [-0.39, 0.29) is 42.1 Å². The molecule has 9 heteroatoms. The lowest BCUT2D eigenvalue weighted by Crippen LogP contribution is -2.74. The Balaban J connectivity index is 1.56. The minimum atomic E-state index is -1.21. The van der Waals surface area contributed by atoms with Crippen molar-refractivity contribution in [2.45, 2.75) is 5.60 Å². The highest BCUT2D eigenvalue weighted by atomic mass is 16.6. The standard InChI is InChI=1S/C18H18N2O7/c21-14-9-6-5-7-18(13(9)17(24)20-14,27-4-2-25-1-3-26-7)12-8(6)10-11(12)16(23)19-15(10)22/h5-6,8-13H,1-4H2,(H,19,22,23)(H,20,21,24)/t6-,8-,9-,10-,11-,12-,13+,18-/m1/s1. The molecule has 142 valence electrons. The quantitative estimate of drug-likeness (QED) is 0.487. The van der Waals surface area contributed by atoms with Crippen LogP contribution in [-0.4, -0.2) is 55.7 Å². The number of ether oxygens (including phenoxy) is 3. The fourth-order valence-electron chi connectivity index (χ4n) is 6.50. The number of carbonyl (C=O) groups excluding carboxylic acids is 4. The van der Waals surface area contributed by atoms with Crippen LogP contribution < -0.4 is 10.6 Å². The lowest BCUT2D eigenvalue weighted by atomic mass is 9.38. The molecule has 3 saturated heterocycles. The second-order valence-corrected chi connectivity index (χ2v) is 8.08. The molecular weight excluding hydrogens is 356 g/mol. The fraction of sp³-hybridized carbons (Fsp3) is 0.667. The summed E-state index contributed by atoms with van der Waals surface area (Å²) in [6.45, 7) is 1.23. The maximum Gasteiger partial charge on any atom is 0.233 e. The lowest BCUT2D eigenvalue weighted by Gasteiger charge is -2.66. The van der Waals surface area contributed by atoms with Crippen LogP contribution in [0.3, 0.4) is 0 Å². The molecule has 4 aliphatic carbocycles. The van der Waals surface area contributed by atoms with Crippen molar-refractivity contribution in [3.8, 4) is 0 Å². The van der Waals surface area contributed by atoms with E-state index in [2.05, 4.69) is 10.6 Å². The summed E-state index contributed by atoms with van der Waals surface area (Å²) in [4.78, 5) is 50.1. The summed E-state index contributed by atoms with van der Waals surface area (Å²) < 4.78 is 17.7. The van der Waals surface area contributed by atoms with Crippen LogP contribution >= 0.6 is 0 Å². The highest BCUT2D eigenvalue weighted by Crippen LogP contribution is 2.70. The molecule has 7 aliphatic rings. The minimum Gasteiger partial charge on any atom is -0.493 e. The molecule has 0 aromatic carbocycles. The van der Waals surface area contributed by atoms with Gasteiger partial charge in [0.1, 0.15) is 18.0 Å². The zero-order valence-corrected chi connectivity index (χ0v) is 14.3. The molecule has 2 saturated carbocycles. The number of hydrogen-bond donors (Lipinski definition) is 2. The van der Waals surface area contributed by atoms with Crippen LogP contribution in [0.25, 0.3) is 0 Å². The van der Waals surface area contributed by atoms with Crippen LogP contribution in [0.1, 0.15) is 0 Å². The maximum atomic E-state index is 12.8. The molecule has 3 aliphatic heterocycles. The number of allylic oxidation sites excluding steroid dienone is 1. The highest BCUT2D eigenvalue weighted by molar-refractivity contribution is 6.09. The third kappa shape index (κ3) is 1.64. The van der Waals surface area contributed by atoms with E-state index in [9.17, 15) is 19.2 Å². The van der Waals surface area contributed by atoms with Crippen LogP contribution in [-0.2, 0) is 33.4 Å². The molecule has 0 aromatic heterocycles. The Labute approximate surface area is 153 Å². The summed E-state index contributed by atoms with van der Waals surface area (Å²) in [5.74, 6) is -4.12. The summed E-state index contributed by atoms with van der Waals surface area (Å²) in [5, 5.41) is 4.85. The molecular formula is C18H18N2O7. The van der Waals surface area contributed by atoms with Crippen LogP contribution in [0.4, 0.5) is 0 Å². The predicted molar refractivity (Wildman–Crippen MR) is 84.3 cm³/mol. The van der Waals surface area contributed by atoms with Gasteiger partial charge in [-0.15, -0.1) is 0 Å². The second kappa shape index (κ2) is 4.96. The Morgan fingerprint density at radius 1 is 0.852 bits per heavy atom. The Hall–Kier alpha value is -2.26. The molecule has 0 unspecified atom stereocenters. The molecule has 8 atom stereocenters. The van der Waals surface area contributed by atoms with Gasteiger partial charge >= 0.3 is 0 Å². The van der Waals surface area contributed by atoms with E-state index in [1.165, 1.54) is 0 Å². The van der Waals surface area contributed by atoms with Crippen molar-refractivity contribution in [3.63, 3.8) is 0 Å². The van der Waals surface area contributed by atoms with E-state index in [1.54, 1.807) is 0 Å². The number of amides is 4. The van der Waals surface area contributed by atoms with Gasteiger partial charge in [0.15, 0.2) is 0 Å². The Kier molecular flexibility index (Phi) is 2.90. The molecule has 2 bridgehead atoms. The average Bonchev–Trinajstić information content (AvgIpc) is 3.06. The number of rotatable bonds is 0. The first-order valence-corrected chi connectivity index (χ1v) is 9.32. The number of carbonyl (C=O) groups is 4.